The first-order chi connectivity index (χ1) is 2.50. The van der Waals surface area contributed by atoms with Crippen LogP contribution in [0.4, 0.5) is 0 Å². The van der Waals surface area contributed by atoms with Gasteiger partial charge in [-0.3, -0.25) is 0 Å². The van der Waals surface area contributed by atoms with Gasteiger partial charge in [0, 0.05) is 11.5 Å². The van der Waals surface area contributed by atoms with Crippen LogP contribution in [0.3, 0.4) is 0 Å². The summed E-state index contributed by atoms with van der Waals surface area (Å²) in [6.45, 7) is 0. The summed E-state index contributed by atoms with van der Waals surface area (Å²) in [6.07, 6.45) is 0. The van der Waals surface area contributed by atoms with Crippen molar-refractivity contribution in [1.29, 1.82) is 0 Å². The highest BCUT2D eigenvalue weighted by molar-refractivity contribution is 7.02. The summed E-state index contributed by atoms with van der Waals surface area (Å²) in [5.74, 6) is 0. The second-order valence-corrected chi connectivity index (χ2v) is 1.08. The second-order valence-electron chi connectivity index (χ2n) is 0.497. The molecule has 4 nitrogen and oxygen atoms in total. The van der Waals surface area contributed by atoms with Crippen LogP contribution in [0.5, 0.6) is 0 Å². The van der Waals surface area contributed by atoms with Gasteiger partial charge in [-0.25, -0.2) is 0 Å². The largest absolute Gasteiger partial charge is 0.412 e. The monoisotopic (exact) mass is 105 g/mol. The third-order valence-corrected chi connectivity index (χ3v) is 0.585. The van der Waals surface area contributed by atoms with Gasteiger partial charge in [0.25, 0.3) is 0 Å². The summed E-state index contributed by atoms with van der Waals surface area (Å²) >= 11 is 1.24. The molecule has 0 aliphatic rings. The Morgan fingerprint density at radius 1 is 1.50 bits per heavy atom. The van der Waals surface area contributed by atoms with E-state index in [1.54, 1.807) is 5.51 Å². The van der Waals surface area contributed by atoms with Crippen LogP contribution in [0.2, 0.25) is 0 Å². The lowest BCUT2D eigenvalue weighted by Gasteiger charge is -1.38. The quantitative estimate of drug-likeness (QED) is 0.429. The Kier molecular flexibility index (Phi) is 2.43. The Hall–Kier alpha value is -0.550. The van der Waals surface area contributed by atoms with Crippen LogP contribution in [0.15, 0.2) is 5.51 Å². The minimum atomic E-state index is 0. The van der Waals surface area contributed by atoms with Gasteiger partial charge in [-0.1, -0.05) is 4.49 Å². The first-order valence-corrected chi connectivity index (χ1v) is 1.91. The zero-order valence-corrected chi connectivity index (χ0v) is 3.64. The minimum absolute atomic E-state index is 0. The van der Waals surface area contributed by atoms with Gasteiger partial charge in [-0.05, 0) is 5.21 Å². The number of nitrogens with zero attached hydrogens (tertiary/aromatic N) is 3. The molecule has 0 bridgehead atoms. The van der Waals surface area contributed by atoms with E-state index in [1.807, 2.05) is 0 Å². The van der Waals surface area contributed by atoms with Crippen molar-refractivity contribution >= 4 is 11.5 Å². The zero-order valence-electron chi connectivity index (χ0n) is 2.83. The first-order valence-electron chi connectivity index (χ1n) is 1.08. The molecule has 0 aliphatic heterocycles. The summed E-state index contributed by atoms with van der Waals surface area (Å²) in [5.41, 5.74) is 1.57. The molecular weight excluding hydrogens is 102 g/mol. The molecule has 0 fully saturated rings. The molecule has 0 radical (unpaired) electrons. The zero-order chi connectivity index (χ0) is 3.54. The fourth-order valence-electron chi connectivity index (χ4n) is 0.105. The Bertz CT molecular complexity index is 67.3. The van der Waals surface area contributed by atoms with Crippen LogP contribution >= 0.6 is 11.5 Å². The molecule has 0 saturated heterocycles. The fraction of sp³-hybridized carbons (Fsp3) is 0. The average Bonchev–Trinajstić information content (AvgIpc) is 1.76. The molecule has 0 atom stereocenters. The van der Waals surface area contributed by atoms with Crippen molar-refractivity contribution in [1.82, 2.24) is 14.8 Å². The van der Waals surface area contributed by atoms with Gasteiger partial charge in [-0.2, -0.15) is 0 Å². The molecule has 0 aliphatic carbocycles. The molecular formula is CH3N3OS. The molecule has 0 aromatic carbocycles. The summed E-state index contributed by atoms with van der Waals surface area (Å²) in [6, 6.07) is 0. The van der Waals surface area contributed by atoms with Crippen molar-refractivity contribution in [2.45, 2.75) is 0 Å². The predicted molar refractivity (Wildman–Crippen MR) is 21.3 cm³/mol. The van der Waals surface area contributed by atoms with E-state index in [0.717, 1.165) is 0 Å². The molecule has 1 heterocycles. The molecule has 5 heteroatoms. The summed E-state index contributed by atoms with van der Waals surface area (Å²) in [5, 5.41) is 6.62. The van der Waals surface area contributed by atoms with Gasteiger partial charge in [-0.15, -0.1) is 5.10 Å². The fourth-order valence-corrected chi connectivity index (χ4v) is 0.316. The Balaban J connectivity index is 0.000000250. The Morgan fingerprint density at radius 2 is 2.33 bits per heavy atom. The topological polar surface area (TPSA) is 70.2 Å². The third-order valence-electron chi connectivity index (χ3n) is 0.230. The number of aromatic nitrogens is 3. The smallest absolute Gasteiger partial charge is 0.125 e. The highest BCUT2D eigenvalue weighted by atomic mass is 32.1. The maximum Gasteiger partial charge on any atom is 0.125 e. The second kappa shape index (κ2) is 2.67. The van der Waals surface area contributed by atoms with Gasteiger partial charge >= 0.3 is 0 Å². The van der Waals surface area contributed by atoms with Gasteiger partial charge in [0.1, 0.15) is 5.51 Å². The molecule has 1 aromatic rings. The molecule has 0 spiro atoms. The standard InChI is InChI=1S/CHN3S.H2O/c1-2-3-4-5-1;/h1H;1H2. The Morgan fingerprint density at radius 3 is 2.50 bits per heavy atom. The van der Waals surface area contributed by atoms with E-state index in [0.29, 0.717) is 0 Å². The van der Waals surface area contributed by atoms with Crippen molar-refractivity contribution in [3.05, 3.63) is 5.51 Å². The van der Waals surface area contributed by atoms with Gasteiger partial charge in [0.15, 0.2) is 0 Å². The van der Waals surface area contributed by atoms with E-state index in [2.05, 4.69) is 14.8 Å². The summed E-state index contributed by atoms with van der Waals surface area (Å²) in [7, 11) is 0. The average molecular weight is 105 g/mol. The van der Waals surface area contributed by atoms with Gasteiger partial charge in [0.2, 0.25) is 0 Å². The molecule has 0 amide bonds. The van der Waals surface area contributed by atoms with E-state index in [9.17, 15) is 0 Å². The first kappa shape index (κ1) is 5.45. The van der Waals surface area contributed by atoms with Crippen molar-refractivity contribution in [3.63, 3.8) is 0 Å². The van der Waals surface area contributed by atoms with Crippen LogP contribution in [0.25, 0.3) is 0 Å². The number of hydrogen-bond acceptors (Lipinski definition) is 4. The van der Waals surface area contributed by atoms with Gasteiger partial charge < -0.3 is 5.48 Å². The third kappa shape index (κ3) is 1.05. The van der Waals surface area contributed by atoms with Crippen molar-refractivity contribution in [3.8, 4) is 0 Å². The molecule has 1 aromatic heterocycles. The minimum Gasteiger partial charge on any atom is -0.412 e. The maximum atomic E-state index is 3.40. The number of rotatable bonds is 0. The van der Waals surface area contributed by atoms with E-state index < -0.39 is 0 Å². The highest BCUT2D eigenvalue weighted by Gasteiger charge is 1.62. The van der Waals surface area contributed by atoms with Crippen molar-refractivity contribution in [2.24, 2.45) is 0 Å². The van der Waals surface area contributed by atoms with E-state index in [-0.39, 0.29) is 5.48 Å². The Labute approximate surface area is 38.3 Å². The maximum absolute atomic E-state index is 3.40. The molecule has 6 heavy (non-hydrogen) atoms. The lowest BCUT2D eigenvalue weighted by Crippen LogP contribution is -1.61. The van der Waals surface area contributed by atoms with Crippen LogP contribution < -0.4 is 0 Å². The molecule has 0 unspecified atom stereocenters. The van der Waals surface area contributed by atoms with Crippen LogP contribution in [-0.2, 0) is 0 Å². The van der Waals surface area contributed by atoms with Crippen molar-refractivity contribution < 1.29 is 5.48 Å². The SMILES string of the molecule is O.c1nnns1. The van der Waals surface area contributed by atoms with Crippen molar-refractivity contribution in [2.75, 3.05) is 0 Å². The van der Waals surface area contributed by atoms with Gasteiger partial charge in [0.05, 0.1) is 0 Å². The van der Waals surface area contributed by atoms with E-state index >= 15 is 0 Å². The summed E-state index contributed by atoms with van der Waals surface area (Å²) in [4.78, 5) is 0. The predicted octanol–water partition coefficient (Wildman–Crippen LogP) is -0.892. The van der Waals surface area contributed by atoms with E-state index in [4.69, 9.17) is 0 Å². The highest BCUT2D eigenvalue weighted by Crippen LogP contribution is 1.72. The number of hydrogen-bond donors (Lipinski definition) is 0. The lowest BCUT2D eigenvalue weighted by molar-refractivity contribution is 0.824. The lowest BCUT2D eigenvalue weighted by atomic mass is 11.7. The molecule has 1 rings (SSSR count). The normalized spacial score (nSPS) is 6.67. The van der Waals surface area contributed by atoms with E-state index in [1.165, 1.54) is 11.5 Å². The molecule has 2 N–H and O–H groups in total. The van der Waals surface area contributed by atoms with Crippen LogP contribution in [0.1, 0.15) is 0 Å². The van der Waals surface area contributed by atoms with Crippen LogP contribution in [-0.4, -0.2) is 20.3 Å². The summed E-state index contributed by atoms with van der Waals surface area (Å²) < 4.78 is 3.40. The van der Waals surface area contributed by atoms with Crippen LogP contribution in [0, 0.1) is 0 Å². The molecule has 34 valence electrons. The molecule has 0 saturated carbocycles.